The molecule has 0 aromatic carbocycles. The van der Waals surface area contributed by atoms with Crippen molar-refractivity contribution in [3.63, 3.8) is 0 Å². The minimum Gasteiger partial charge on any atom is -0.390 e. The molecule has 0 aromatic heterocycles. The zero-order valence-electron chi connectivity index (χ0n) is 10.1. The predicted octanol–water partition coefficient (Wildman–Crippen LogP) is 2.50. The Bertz CT molecular complexity index is 263. The average molecular weight is 210 g/mol. The molecule has 2 atom stereocenters. The minimum absolute atomic E-state index is 0.146. The van der Waals surface area contributed by atoms with Gasteiger partial charge in [-0.2, -0.15) is 0 Å². The van der Waals surface area contributed by atoms with Crippen LogP contribution in [-0.4, -0.2) is 22.9 Å². The van der Waals surface area contributed by atoms with Gasteiger partial charge in [-0.1, -0.05) is 6.92 Å². The molecule has 2 heteroatoms. The van der Waals surface area contributed by atoms with Crippen LogP contribution in [0.5, 0.6) is 0 Å². The van der Waals surface area contributed by atoms with E-state index in [2.05, 4.69) is 25.7 Å². The highest BCUT2D eigenvalue weighted by Gasteiger charge is 2.40. The van der Waals surface area contributed by atoms with Crippen LogP contribution in [0, 0.1) is 11.8 Å². The Balaban J connectivity index is 2.55. The Kier molecular flexibility index (Phi) is 4.19. The van der Waals surface area contributed by atoms with Gasteiger partial charge < -0.3 is 9.84 Å². The lowest BCUT2D eigenvalue weighted by molar-refractivity contribution is -0.155. The van der Waals surface area contributed by atoms with Gasteiger partial charge in [-0.3, -0.25) is 0 Å². The summed E-state index contributed by atoms with van der Waals surface area (Å²) in [6.07, 6.45) is 3.99. The van der Waals surface area contributed by atoms with E-state index in [1.54, 1.807) is 0 Å². The smallest absolute Gasteiger partial charge is 0.0706 e. The Morgan fingerprint density at radius 2 is 2.20 bits per heavy atom. The molecule has 0 radical (unpaired) electrons. The summed E-state index contributed by atoms with van der Waals surface area (Å²) in [5.74, 6) is 5.88. The zero-order valence-corrected chi connectivity index (χ0v) is 10.1. The van der Waals surface area contributed by atoms with Crippen molar-refractivity contribution in [3.05, 3.63) is 0 Å². The lowest BCUT2D eigenvalue weighted by Crippen LogP contribution is -2.47. The highest BCUT2D eigenvalue weighted by molar-refractivity contribution is 4.99. The van der Waals surface area contributed by atoms with Crippen LogP contribution >= 0.6 is 0 Å². The van der Waals surface area contributed by atoms with E-state index < -0.39 is 5.60 Å². The molecule has 1 heterocycles. The van der Waals surface area contributed by atoms with E-state index in [0.717, 1.165) is 32.1 Å². The van der Waals surface area contributed by atoms with Crippen LogP contribution in [-0.2, 0) is 4.74 Å². The van der Waals surface area contributed by atoms with Gasteiger partial charge in [0.25, 0.3) is 0 Å². The molecule has 0 saturated carbocycles. The largest absolute Gasteiger partial charge is 0.390 e. The Morgan fingerprint density at radius 1 is 1.47 bits per heavy atom. The van der Waals surface area contributed by atoms with Gasteiger partial charge in [0.1, 0.15) is 0 Å². The van der Waals surface area contributed by atoms with E-state index in [-0.39, 0.29) is 5.60 Å². The first-order valence-corrected chi connectivity index (χ1v) is 5.79. The number of hydrogen-bond donors (Lipinski definition) is 1. The summed E-state index contributed by atoms with van der Waals surface area (Å²) in [5, 5.41) is 10.4. The number of ether oxygens (including phenoxy) is 1. The van der Waals surface area contributed by atoms with Crippen LogP contribution in [0.1, 0.15) is 52.9 Å². The van der Waals surface area contributed by atoms with E-state index >= 15 is 0 Å². The Hall–Kier alpha value is -0.520. The summed E-state index contributed by atoms with van der Waals surface area (Å²) in [5.41, 5.74) is -0.709. The average Bonchev–Trinajstić information content (AvgIpc) is 2.18. The molecule has 1 aliphatic heterocycles. The molecule has 1 aliphatic rings. The van der Waals surface area contributed by atoms with Gasteiger partial charge in [0.2, 0.25) is 0 Å². The van der Waals surface area contributed by atoms with Crippen molar-refractivity contribution in [2.24, 2.45) is 0 Å². The highest BCUT2D eigenvalue weighted by atomic mass is 16.5. The van der Waals surface area contributed by atoms with Crippen LogP contribution in [0.25, 0.3) is 0 Å². The van der Waals surface area contributed by atoms with Gasteiger partial charge in [0.15, 0.2) is 0 Å². The molecule has 0 aliphatic carbocycles. The van der Waals surface area contributed by atoms with Crippen LogP contribution in [0.4, 0.5) is 0 Å². The molecule has 1 rings (SSSR count). The summed E-state index contributed by atoms with van der Waals surface area (Å²) in [6.45, 7) is 6.70. The standard InChI is InChI=1S/C13H22O2/c1-4-6-7-8-13(14)9-10-15-12(3,5-2)11-13/h14H,5,7-11H2,1-3H3. The van der Waals surface area contributed by atoms with E-state index in [0.29, 0.717) is 6.61 Å². The van der Waals surface area contributed by atoms with Gasteiger partial charge in [-0.05, 0) is 33.1 Å². The highest BCUT2D eigenvalue weighted by Crippen LogP contribution is 2.36. The maximum absolute atomic E-state index is 10.4. The SMILES string of the molecule is CC#CCCC1(O)CCOC(C)(CC)C1. The molecule has 1 N–H and O–H groups in total. The number of rotatable bonds is 3. The van der Waals surface area contributed by atoms with Crippen molar-refractivity contribution in [1.29, 1.82) is 0 Å². The molecule has 2 nitrogen and oxygen atoms in total. The van der Waals surface area contributed by atoms with Gasteiger partial charge in [-0.15, -0.1) is 11.8 Å². The van der Waals surface area contributed by atoms with E-state index in [1.807, 2.05) is 6.92 Å². The Morgan fingerprint density at radius 3 is 2.80 bits per heavy atom. The van der Waals surface area contributed by atoms with E-state index in [9.17, 15) is 5.11 Å². The van der Waals surface area contributed by atoms with Gasteiger partial charge in [-0.25, -0.2) is 0 Å². The molecule has 2 unspecified atom stereocenters. The summed E-state index contributed by atoms with van der Waals surface area (Å²) in [7, 11) is 0. The van der Waals surface area contributed by atoms with Crippen molar-refractivity contribution >= 4 is 0 Å². The molecule has 86 valence electrons. The fourth-order valence-electron chi connectivity index (χ4n) is 2.18. The van der Waals surface area contributed by atoms with Crippen molar-refractivity contribution in [2.45, 2.75) is 64.1 Å². The van der Waals surface area contributed by atoms with Crippen molar-refractivity contribution in [2.75, 3.05) is 6.61 Å². The van der Waals surface area contributed by atoms with E-state index in [1.165, 1.54) is 0 Å². The lowest BCUT2D eigenvalue weighted by atomic mass is 9.79. The number of hydrogen-bond acceptors (Lipinski definition) is 2. The maximum Gasteiger partial charge on any atom is 0.0706 e. The van der Waals surface area contributed by atoms with Crippen LogP contribution in [0.2, 0.25) is 0 Å². The maximum atomic E-state index is 10.4. The number of aliphatic hydroxyl groups is 1. The second kappa shape index (κ2) is 5.01. The molecule has 0 aromatic rings. The first-order chi connectivity index (χ1) is 7.04. The van der Waals surface area contributed by atoms with Crippen molar-refractivity contribution in [3.8, 4) is 11.8 Å². The summed E-state index contributed by atoms with van der Waals surface area (Å²) >= 11 is 0. The molecule has 1 saturated heterocycles. The summed E-state index contributed by atoms with van der Waals surface area (Å²) in [4.78, 5) is 0. The normalized spacial score (nSPS) is 35.7. The molecular weight excluding hydrogens is 188 g/mol. The van der Waals surface area contributed by atoms with Gasteiger partial charge in [0.05, 0.1) is 17.8 Å². The van der Waals surface area contributed by atoms with Crippen LogP contribution in [0.15, 0.2) is 0 Å². The first-order valence-electron chi connectivity index (χ1n) is 5.79. The summed E-state index contributed by atoms with van der Waals surface area (Å²) in [6, 6.07) is 0. The molecular formula is C13H22O2. The van der Waals surface area contributed by atoms with Gasteiger partial charge >= 0.3 is 0 Å². The molecule has 15 heavy (non-hydrogen) atoms. The quantitative estimate of drug-likeness (QED) is 0.725. The third-order valence-corrected chi connectivity index (χ3v) is 3.36. The Labute approximate surface area is 93.0 Å². The summed E-state index contributed by atoms with van der Waals surface area (Å²) < 4.78 is 5.72. The van der Waals surface area contributed by atoms with E-state index in [4.69, 9.17) is 4.74 Å². The fourth-order valence-corrected chi connectivity index (χ4v) is 2.18. The van der Waals surface area contributed by atoms with Crippen molar-refractivity contribution < 1.29 is 9.84 Å². The second-order valence-corrected chi connectivity index (χ2v) is 4.73. The van der Waals surface area contributed by atoms with Crippen molar-refractivity contribution in [1.82, 2.24) is 0 Å². The fraction of sp³-hybridized carbons (Fsp3) is 0.846. The molecule has 1 fully saturated rings. The molecule has 0 spiro atoms. The topological polar surface area (TPSA) is 29.5 Å². The monoisotopic (exact) mass is 210 g/mol. The predicted molar refractivity (Wildman–Crippen MR) is 61.5 cm³/mol. The third kappa shape index (κ3) is 3.52. The molecule has 0 amide bonds. The minimum atomic E-state index is -0.563. The first kappa shape index (κ1) is 12.5. The van der Waals surface area contributed by atoms with Crippen LogP contribution < -0.4 is 0 Å². The third-order valence-electron chi connectivity index (χ3n) is 3.36. The van der Waals surface area contributed by atoms with Gasteiger partial charge in [0, 0.05) is 12.8 Å². The second-order valence-electron chi connectivity index (χ2n) is 4.73. The lowest BCUT2D eigenvalue weighted by Gasteiger charge is -2.43. The zero-order chi connectivity index (χ0) is 11.4. The molecule has 0 bridgehead atoms. The van der Waals surface area contributed by atoms with Crippen LogP contribution in [0.3, 0.4) is 0 Å².